The van der Waals surface area contributed by atoms with Gasteiger partial charge in [-0.1, -0.05) is 23.8 Å². The Labute approximate surface area is 122 Å². The van der Waals surface area contributed by atoms with Gasteiger partial charge in [0.05, 0.1) is 11.1 Å². The van der Waals surface area contributed by atoms with Crippen LogP contribution >= 0.6 is 0 Å². The van der Waals surface area contributed by atoms with E-state index in [1.54, 1.807) is 12.1 Å². The number of aryl methyl sites for hydroxylation is 1. The van der Waals surface area contributed by atoms with Crippen LogP contribution in [-0.2, 0) is 0 Å². The zero-order valence-electron chi connectivity index (χ0n) is 12.0. The number of hydrogen-bond acceptors (Lipinski definition) is 3. The predicted molar refractivity (Wildman–Crippen MR) is 83.8 cm³/mol. The van der Waals surface area contributed by atoms with Crippen molar-refractivity contribution in [2.75, 3.05) is 11.9 Å². The zero-order valence-corrected chi connectivity index (χ0v) is 12.0. The van der Waals surface area contributed by atoms with Crippen molar-refractivity contribution < 1.29 is 4.39 Å². The third-order valence-corrected chi connectivity index (χ3v) is 3.31. The van der Waals surface area contributed by atoms with Gasteiger partial charge in [0, 0.05) is 11.9 Å². The molecule has 0 aliphatic rings. The Balaban J connectivity index is 2.25. The summed E-state index contributed by atoms with van der Waals surface area (Å²) in [5.41, 5.74) is 2.22. The fourth-order valence-electron chi connectivity index (χ4n) is 2.31. The quantitative estimate of drug-likeness (QED) is 0.782. The highest BCUT2D eigenvalue weighted by Crippen LogP contribution is 2.26. The summed E-state index contributed by atoms with van der Waals surface area (Å²) in [5, 5.41) is 4.16. The van der Waals surface area contributed by atoms with Crippen LogP contribution in [0.2, 0.25) is 0 Å². The summed E-state index contributed by atoms with van der Waals surface area (Å²) in [6.07, 6.45) is 0. The van der Waals surface area contributed by atoms with Crippen molar-refractivity contribution in [1.29, 1.82) is 0 Å². The number of hydrogen-bond donors (Lipinski definition) is 1. The summed E-state index contributed by atoms with van der Waals surface area (Å²) in [6, 6.07) is 12.7. The Morgan fingerprint density at radius 2 is 1.90 bits per heavy atom. The minimum absolute atomic E-state index is 0.307. The molecule has 0 fully saturated rings. The Hall–Kier alpha value is -2.49. The van der Waals surface area contributed by atoms with Crippen molar-refractivity contribution in [2.24, 2.45) is 0 Å². The molecule has 0 saturated heterocycles. The van der Waals surface area contributed by atoms with E-state index in [0.717, 1.165) is 28.8 Å². The lowest BCUT2D eigenvalue weighted by Gasteiger charge is -2.10. The summed E-state index contributed by atoms with van der Waals surface area (Å²) >= 11 is 0. The third-order valence-electron chi connectivity index (χ3n) is 3.31. The van der Waals surface area contributed by atoms with Crippen molar-refractivity contribution in [2.45, 2.75) is 13.8 Å². The van der Waals surface area contributed by atoms with Crippen LogP contribution < -0.4 is 5.32 Å². The number of para-hydroxylation sites is 1. The summed E-state index contributed by atoms with van der Waals surface area (Å²) in [4.78, 5) is 9.00. The molecular weight excluding hydrogens is 265 g/mol. The van der Waals surface area contributed by atoms with Gasteiger partial charge in [-0.25, -0.2) is 14.4 Å². The van der Waals surface area contributed by atoms with Gasteiger partial charge in [0.15, 0.2) is 5.82 Å². The van der Waals surface area contributed by atoms with Crippen LogP contribution in [0.25, 0.3) is 22.3 Å². The molecule has 1 aromatic heterocycles. The molecule has 0 spiro atoms. The van der Waals surface area contributed by atoms with E-state index in [1.807, 2.05) is 38.1 Å². The summed E-state index contributed by atoms with van der Waals surface area (Å²) in [6.45, 7) is 4.68. The number of nitrogens with zero attached hydrogens (tertiary/aromatic N) is 2. The van der Waals surface area contributed by atoms with Crippen molar-refractivity contribution in [1.82, 2.24) is 9.97 Å². The number of fused-ring (bicyclic) bond motifs is 1. The molecule has 0 amide bonds. The molecule has 4 heteroatoms. The monoisotopic (exact) mass is 281 g/mol. The SMILES string of the molecule is CCNc1nc(-c2cc(C)ccc2F)nc2ccccc12. The maximum absolute atomic E-state index is 14.1. The van der Waals surface area contributed by atoms with Crippen LogP contribution in [0, 0.1) is 12.7 Å². The molecular formula is C17H16FN3. The number of rotatable bonds is 3. The van der Waals surface area contributed by atoms with Gasteiger partial charge >= 0.3 is 0 Å². The molecule has 1 heterocycles. The first-order chi connectivity index (χ1) is 10.2. The lowest BCUT2D eigenvalue weighted by molar-refractivity contribution is 0.629. The standard InChI is InChI=1S/C17H16FN3/c1-3-19-16-12-6-4-5-7-15(12)20-17(21-16)13-10-11(2)8-9-14(13)18/h4-10H,3H2,1-2H3,(H,19,20,21). The van der Waals surface area contributed by atoms with E-state index in [2.05, 4.69) is 15.3 Å². The van der Waals surface area contributed by atoms with Crippen LogP contribution in [0.1, 0.15) is 12.5 Å². The molecule has 3 rings (SSSR count). The van der Waals surface area contributed by atoms with Gasteiger partial charge in [0.1, 0.15) is 11.6 Å². The first-order valence-electron chi connectivity index (χ1n) is 6.96. The summed E-state index contributed by atoms with van der Waals surface area (Å²) in [5.74, 6) is 0.836. The molecule has 0 unspecified atom stereocenters. The van der Waals surface area contributed by atoms with E-state index < -0.39 is 0 Å². The largest absolute Gasteiger partial charge is 0.370 e. The lowest BCUT2D eigenvalue weighted by Crippen LogP contribution is -2.03. The average Bonchev–Trinajstić information content (AvgIpc) is 2.50. The molecule has 21 heavy (non-hydrogen) atoms. The highest BCUT2D eigenvalue weighted by atomic mass is 19.1. The first-order valence-corrected chi connectivity index (χ1v) is 6.96. The van der Waals surface area contributed by atoms with E-state index in [1.165, 1.54) is 6.07 Å². The smallest absolute Gasteiger partial charge is 0.165 e. The van der Waals surface area contributed by atoms with Gasteiger partial charge in [-0.3, -0.25) is 0 Å². The van der Waals surface area contributed by atoms with Gasteiger partial charge in [0.25, 0.3) is 0 Å². The third kappa shape index (κ3) is 2.57. The van der Waals surface area contributed by atoms with E-state index in [4.69, 9.17) is 0 Å². The van der Waals surface area contributed by atoms with Gasteiger partial charge in [0.2, 0.25) is 0 Å². The number of benzene rings is 2. The minimum Gasteiger partial charge on any atom is -0.370 e. The molecule has 2 aromatic carbocycles. The summed E-state index contributed by atoms with van der Waals surface area (Å²) in [7, 11) is 0. The van der Waals surface area contributed by atoms with Gasteiger partial charge in [-0.05, 0) is 38.1 Å². The summed E-state index contributed by atoms with van der Waals surface area (Å²) < 4.78 is 14.1. The van der Waals surface area contributed by atoms with Crippen LogP contribution in [0.3, 0.4) is 0 Å². The fraction of sp³-hybridized carbons (Fsp3) is 0.176. The van der Waals surface area contributed by atoms with Crippen molar-refractivity contribution in [3.05, 3.63) is 53.8 Å². The second-order valence-electron chi connectivity index (χ2n) is 4.93. The Bertz CT molecular complexity index is 799. The van der Waals surface area contributed by atoms with E-state index in [-0.39, 0.29) is 5.82 Å². The van der Waals surface area contributed by atoms with Crippen molar-refractivity contribution in [3.63, 3.8) is 0 Å². The van der Waals surface area contributed by atoms with Gasteiger partial charge in [-0.15, -0.1) is 0 Å². The zero-order chi connectivity index (χ0) is 14.8. The van der Waals surface area contributed by atoms with Gasteiger partial charge in [-0.2, -0.15) is 0 Å². The Morgan fingerprint density at radius 1 is 1.10 bits per heavy atom. The Kier molecular flexibility index (Phi) is 3.52. The highest BCUT2D eigenvalue weighted by Gasteiger charge is 2.12. The average molecular weight is 281 g/mol. The number of nitrogens with one attached hydrogen (secondary N) is 1. The van der Waals surface area contributed by atoms with Crippen LogP contribution in [0.5, 0.6) is 0 Å². The molecule has 0 radical (unpaired) electrons. The molecule has 1 N–H and O–H groups in total. The molecule has 3 aromatic rings. The lowest BCUT2D eigenvalue weighted by atomic mass is 10.1. The number of anilines is 1. The molecule has 0 aliphatic carbocycles. The molecule has 0 atom stereocenters. The van der Waals surface area contributed by atoms with E-state index in [9.17, 15) is 4.39 Å². The molecule has 3 nitrogen and oxygen atoms in total. The van der Waals surface area contributed by atoms with E-state index >= 15 is 0 Å². The van der Waals surface area contributed by atoms with Crippen LogP contribution in [0.4, 0.5) is 10.2 Å². The molecule has 0 saturated carbocycles. The molecule has 0 aliphatic heterocycles. The Morgan fingerprint density at radius 3 is 2.71 bits per heavy atom. The maximum atomic E-state index is 14.1. The normalized spacial score (nSPS) is 10.8. The van der Waals surface area contributed by atoms with Crippen molar-refractivity contribution in [3.8, 4) is 11.4 Å². The van der Waals surface area contributed by atoms with Crippen LogP contribution in [0.15, 0.2) is 42.5 Å². The second kappa shape index (κ2) is 5.48. The molecule has 106 valence electrons. The molecule has 0 bridgehead atoms. The fourth-order valence-corrected chi connectivity index (χ4v) is 2.31. The minimum atomic E-state index is -0.307. The maximum Gasteiger partial charge on any atom is 0.165 e. The first kappa shape index (κ1) is 13.5. The number of aromatic nitrogens is 2. The highest BCUT2D eigenvalue weighted by molar-refractivity contribution is 5.90. The van der Waals surface area contributed by atoms with Crippen LogP contribution in [-0.4, -0.2) is 16.5 Å². The second-order valence-corrected chi connectivity index (χ2v) is 4.93. The van der Waals surface area contributed by atoms with E-state index in [0.29, 0.717) is 11.4 Å². The topological polar surface area (TPSA) is 37.8 Å². The van der Waals surface area contributed by atoms with Crippen molar-refractivity contribution >= 4 is 16.7 Å². The predicted octanol–water partition coefficient (Wildman–Crippen LogP) is 4.18. The van der Waals surface area contributed by atoms with Gasteiger partial charge < -0.3 is 5.32 Å². The number of halogens is 1.